The summed E-state index contributed by atoms with van der Waals surface area (Å²) in [6.07, 6.45) is 1.16. The van der Waals surface area contributed by atoms with Gasteiger partial charge in [-0.15, -0.1) is 0 Å². The van der Waals surface area contributed by atoms with Crippen LogP contribution in [0.15, 0.2) is 18.2 Å². The Balaban J connectivity index is 2.08. The zero-order valence-electron chi connectivity index (χ0n) is 10.0. The Kier molecular flexibility index (Phi) is 4.03. The molecule has 1 aliphatic heterocycles. The topological polar surface area (TPSA) is 44.5 Å². The molecule has 0 saturated carbocycles. The Morgan fingerprint density at radius 3 is 3.06 bits per heavy atom. The van der Waals surface area contributed by atoms with Crippen molar-refractivity contribution < 1.29 is 9.47 Å². The minimum atomic E-state index is 0.190. The lowest BCUT2D eigenvalue weighted by molar-refractivity contribution is 0.141. The van der Waals surface area contributed by atoms with Crippen LogP contribution in [0.5, 0.6) is 5.75 Å². The Labute approximate surface area is 102 Å². The van der Waals surface area contributed by atoms with Gasteiger partial charge in [-0.2, -0.15) is 0 Å². The van der Waals surface area contributed by atoms with Crippen LogP contribution in [0.25, 0.3) is 0 Å². The number of ether oxygens (including phenoxy) is 2. The summed E-state index contributed by atoms with van der Waals surface area (Å²) in [6, 6.07) is 5.95. The lowest BCUT2D eigenvalue weighted by Gasteiger charge is -2.14. The number of rotatable bonds is 2. The second-order valence-corrected chi connectivity index (χ2v) is 4.09. The summed E-state index contributed by atoms with van der Waals surface area (Å²) in [5, 5.41) is 0. The van der Waals surface area contributed by atoms with Crippen molar-refractivity contribution in [2.45, 2.75) is 19.4 Å². The molecule has 3 heteroatoms. The summed E-state index contributed by atoms with van der Waals surface area (Å²) in [5.41, 5.74) is 7.41. The average molecular weight is 231 g/mol. The largest absolute Gasteiger partial charge is 0.488 e. The van der Waals surface area contributed by atoms with E-state index in [9.17, 15) is 0 Å². The van der Waals surface area contributed by atoms with E-state index in [1.54, 1.807) is 0 Å². The predicted molar refractivity (Wildman–Crippen MR) is 67.0 cm³/mol. The SMILES string of the molecule is Cc1cc(C#CCN)ccc1OC1CCOC1. The molecule has 1 unspecified atom stereocenters. The normalized spacial score (nSPS) is 18.6. The molecule has 0 spiro atoms. The van der Waals surface area contributed by atoms with E-state index in [-0.39, 0.29) is 6.10 Å². The molecule has 1 aromatic carbocycles. The van der Waals surface area contributed by atoms with Crippen molar-refractivity contribution >= 4 is 0 Å². The fourth-order valence-electron chi connectivity index (χ4n) is 1.80. The highest BCUT2D eigenvalue weighted by molar-refractivity contribution is 5.43. The van der Waals surface area contributed by atoms with Crippen molar-refractivity contribution in [3.8, 4) is 17.6 Å². The standard InChI is InChI=1S/C14H17NO2/c1-11-9-12(3-2-7-15)4-5-14(11)17-13-6-8-16-10-13/h4-5,9,13H,6-8,10,15H2,1H3. The maximum atomic E-state index is 5.87. The van der Waals surface area contributed by atoms with Crippen LogP contribution in [0.1, 0.15) is 17.5 Å². The number of hydrogen-bond acceptors (Lipinski definition) is 3. The van der Waals surface area contributed by atoms with Gasteiger partial charge in [0.2, 0.25) is 0 Å². The minimum absolute atomic E-state index is 0.190. The molecule has 0 amide bonds. The number of aryl methyl sites for hydroxylation is 1. The van der Waals surface area contributed by atoms with E-state index in [1.165, 1.54) is 0 Å². The summed E-state index contributed by atoms with van der Waals surface area (Å²) in [4.78, 5) is 0. The molecule has 1 heterocycles. The fourth-order valence-corrected chi connectivity index (χ4v) is 1.80. The van der Waals surface area contributed by atoms with Gasteiger partial charge in [-0.3, -0.25) is 0 Å². The third-order valence-corrected chi connectivity index (χ3v) is 2.69. The molecule has 1 saturated heterocycles. The molecular formula is C14H17NO2. The summed E-state index contributed by atoms with van der Waals surface area (Å²) < 4.78 is 11.2. The Morgan fingerprint density at radius 1 is 1.53 bits per heavy atom. The quantitative estimate of drug-likeness (QED) is 0.784. The molecule has 17 heavy (non-hydrogen) atoms. The first kappa shape index (κ1) is 12.0. The number of hydrogen-bond donors (Lipinski definition) is 1. The van der Waals surface area contributed by atoms with E-state index in [0.29, 0.717) is 13.2 Å². The molecule has 2 N–H and O–H groups in total. The van der Waals surface area contributed by atoms with Gasteiger partial charge in [-0.25, -0.2) is 0 Å². The van der Waals surface area contributed by atoms with E-state index >= 15 is 0 Å². The van der Waals surface area contributed by atoms with Crippen LogP contribution in [0.2, 0.25) is 0 Å². The highest BCUT2D eigenvalue weighted by Crippen LogP contribution is 2.22. The number of nitrogens with two attached hydrogens (primary N) is 1. The maximum absolute atomic E-state index is 5.87. The molecule has 0 aromatic heterocycles. The first-order chi connectivity index (χ1) is 8.29. The maximum Gasteiger partial charge on any atom is 0.124 e. The first-order valence-corrected chi connectivity index (χ1v) is 5.83. The minimum Gasteiger partial charge on any atom is -0.488 e. The Morgan fingerprint density at radius 2 is 2.41 bits per heavy atom. The van der Waals surface area contributed by atoms with Crippen LogP contribution in [0, 0.1) is 18.8 Å². The third kappa shape index (κ3) is 3.23. The predicted octanol–water partition coefficient (Wildman–Crippen LogP) is 1.47. The van der Waals surface area contributed by atoms with Crippen LogP contribution in [0.3, 0.4) is 0 Å². The molecule has 3 nitrogen and oxygen atoms in total. The van der Waals surface area contributed by atoms with Gasteiger partial charge in [0.05, 0.1) is 19.8 Å². The van der Waals surface area contributed by atoms with E-state index in [1.807, 2.05) is 25.1 Å². The highest BCUT2D eigenvalue weighted by atomic mass is 16.5. The van der Waals surface area contributed by atoms with Crippen LogP contribution in [-0.4, -0.2) is 25.9 Å². The van der Waals surface area contributed by atoms with Crippen LogP contribution >= 0.6 is 0 Å². The van der Waals surface area contributed by atoms with Crippen molar-refractivity contribution in [3.05, 3.63) is 29.3 Å². The average Bonchev–Trinajstić information content (AvgIpc) is 2.82. The van der Waals surface area contributed by atoms with Crippen molar-refractivity contribution in [1.29, 1.82) is 0 Å². The molecule has 1 aromatic rings. The molecule has 0 radical (unpaired) electrons. The van der Waals surface area contributed by atoms with E-state index in [4.69, 9.17) is 15.2 Å². The van der Waals surface area contributed by atoms with Crippen LogP contribution in [-0.2, 0) is 4.74 Å². The Hall–Kier alpha value is -1.50. The summed E-state index contributed by atoms with van der Waals surface area (Å²) in [5.74, 6) is 6.77. The van der Waals surface area contributed by atoms with Crippen molar-refractivity contribution in [2.75, 3.05) is 19.8 Å². The zero-order valence-corrected chi connectivity index (χ0v) is 10.0. The second kappa shape index (κ2) is 5.72. The van der Waals surface area contributed by atoms with Gasteiger partial charge >= 0.3 is 0 Å². The Bertz CT molecular complexity index is 439. The first-order valence-electron chi connectivity index (χ1n) is 5.83. The molecule has 1 atom stereocenters. The summed E-state index contributed by atoms with van der Waals surface area (Å²) >= 11 is 0. The third-order valence-electron chi connectivity index (χ3n) is 2.69. The lowest BCUT2D eigenvalue weighted by atomic mass is 10.1. The van der Waals surface area contributed by atoms with Gasteiger partial charge in [0.1, 0.15) is 11.9 Å². The van der Waals surface area contributed by atoms with Gasteiger partial charge in [0.15, 0.2) is 0 Å². The zero-order chi connectivity index (χ0) is 12.1. The molecule has 90 valence electrons. The van der Waals surface area contributed by atoms with Crippen molar-refractivity contribution in [1.82, 2.24) is 0 Å². The van der Waals surface area contributed by atoms with Gasteiger partial charge in [-0.1, -0.05) is 11.8 Å². The van der Waals surface area contributed by atoms with Gasteiger partial charge in [0, 0.05) is 12.0 Å². The van der Waals surface area contributed by atoms with Gasteiger partial charge in [0.25, 0.3) is 0 Å². The molecule has 2 rings (SSSR count). The van der Waals surface area contributed by atoms with Crippen LogP contribution < -0.4 is 10.5 Å². The summed E-state index contributed by atoms with van der Waals surface area (Å²) in [7, 11) is 0. The van der Waals surface area contributed by atoms with Gasteiger partial charge < -0.3 is 15.2 Å². The van der Waals surface area contributed by atoms with E-state index < -0.39 is 0 Å². The van der Waals surface area contributed by atoms with E-state index in [2.05, 4.69) is 11.8 Å². The number of benzene rings is 1. The molecule has 1 aliphatic rings. The molecule has 0 aliphatic carbocycles. The van der Waals surface area contributed by atoms with Crippen molar-refractivity contribution in [3.63, 3.8) is 0 Å². The highest BCUT2D eigenvalue weighted by Gasteiger charge is 2.17. The molecule has 0 bridgehead atoms. The van der Waals surface area contributed by atoms with Gasteiger partial charge in [-0.05, 0) is 30.7 Å². The smallest absolute Gasteiger partial charge is 0.124 e. The molecule has 1 fully saturated rings. The molecular weight excluding hydrogens is 214 g/mol. The summed E-state index contributed by atoms with van der Waals surface area (Å²) in [6.45, 7) is 3.90. The van der Waals surface area contributed by atoms with E-state index in [0.717, 1.165) is 29.9 Å². The van der Waals surface area contributed by atoms with Crippen molar-refractivity contribution in [2.24, 2.45) is 5.73 Å². The lowest BCUT2D eigenvalue weighted by Crippen LogP contribution is -2.16. The second-order valence-electron chi connectivity index (χ2n) is 4.09. The van der Waals surface area contributed by atoms with Crippen LogP contribution in [0.4, 0.5) is 0 Å². The fraction of sp³-hybridized carbons (Fsp3) is 0.429. The monoisotopic (exact) mass is 231 g/mol.